The van der Waals surface area contributed by atoms with Crippen LogP contribution in [0.3, 0.4) is 0 Å². The van der Waals surface area contributed by atoms with Crippen molar-refractivity contribution in [3.8, 4) is 10.6 Å². The third kappa shape index (κ3) is 2.32. The molecule has 0 amide bonds. The van der Waals surface area contributed by atoms with Crippen LogP contribution in [-0.2, 0) is 6.42 Å². The summed E-state index contributed by atoms with van der Waals surface area (Å²) in [5, 5.41) is 14.0. The van der Waals surface area contributed by atoms with Gasteiger partial charge in [0.25, 0.3) is 0 Å². The Labute approximate surface area is 121 Å². The topological polar surface area (TPSA) is 69.1 Å². The summed E-state index contributed by atoms with van der Waals surface area (Å²) in [5.74, 6) is 1.22. The van der Waals surface area contributed by atoms with Gasteiger partial charge in [-0.3, -0.25) is 0 Å². The van der Waals surface area contributed by atoms with Crippen LogP contribution in [0.25, 0.3) is 15.5 Å². The van der Waals surface area contributed by atoms with Gasteiger partial charge in [-0.15, -0.1) is 10.2 Å². The molecule has 0 fully saturated rings. The standard InChI is InChI=1S/C14H17N5S/c1-9(2)12-16-17-14-19(12)18-13(20-14)11-5-3-10(4-6-11)7-8-15/h3-6,9H,7-8,15H2,1-2H3. The van der Waals surface area contributed by atoms with Crippen LogP contribution in [-0.4, -0.2) is 26.4 Å². The maximum absolute atomic E-state index is 5.56. The van der Waals surface area contributed by atoms with E-state index in [9.17, 15) is 0 Å². The molecule has 2 aromatic heterocycles. The number of nitrogens with two attached hydrogens (primary N) is 1. The average molecular weight is 287 g/mol. The quantitative estimate of drug-likeness (QED) is 0.800. The fourth-order valence-electron chi connectivity index (χ4n) is 2.09. The van der Waals surface area contributed by atoms with Crippen molar-refractivity contribution >= 4 is 16.3 Å². The van der Waals surface area contributed by atoms with Crippen LogP contribution in [0.2, 0.25) is 0 Å². The molecule has 3 rings (SSSR count). The first-order valence-corrected chi connectivity index (χ1v) is 7.52. The molecule has 20 heavy (non-hydrogen) atoms. The molecule has 6 heteroatoms. The molecule has 0 unspecified atom stereocenters. The fraction of sp³-hybridized carbons (Fsp3) is 0.357. The minimum atomic E-state index is 0.312. The molecule has 1 aromatic carbocycles. The minimum absolute atomic E-state index is 0.312. The lowest BCUT2D eigenvalue weighted by Crippen LogP contribution is -2.02. The zero-order valence-corrected chi connectivity index (χ0v) is 12.4. The number of nitrogens with zero attached hydrogens (tertiary/aromatic N) is 4. The first-order chi connectivity index (χ1) is 9.69. The van der Waals surface area contributed by atoms with Crippen molar-refractivity contribution in [1.29, 1.82) is 0 Å². The molecule has 3 aromatic rings. The predicted molar refractivity (Wildman–Crippen MR) is 80.9 cm³/mol. The maximum atomic E-state index is 5.56. The molecule has 0 spiro atoms. The van der Waals surface area contributed by atoms with Crippen LogP contribution >= 0.6 is 11.3 Å². The Bertz CT molecular complexity index is 711. The summed E-state index contributed by atoms with van der Waals surface area (Å²) in [6, 6.07) is 8.39. The van der Waals surface area contributed by atoms with Gasteiger partial charge in [0.2, 0.25) is 4.96 Å². The summed E-state index contributed by atoms with van der Waals surface area (Å²) in [5.41, 5.74) is 7.92. The minimum Gasteiger partial charge on any atom is -0.330 e. The van der Waals surface area contributed by atoms with Crippen LogP contribution in [0.5, 0.6) is 0 Å². The molecule has 0 saturated heterocycles. The number of rotatable bonds is 4. The van der Waals surface area contributed by atoms with Gasteiger partial charge in [0, 0.05) is 11.5 Å². The van der Waals surface area contributed by atoms with Gasteiger partial charge in [-0.1, -0.05) is 49.4 Å². The highest BCUT2D eigenvalue weighted by Crippen LogP contribution is 2.27. The van der Waals surface area contributed by atoms with E-state index >= 15 is 0 Å². The summed E-state index contributed by atoms with van der Waals surface area (Å²) in [4.78, 5) is 0.842. The zero-order chi connectivity index (χ0) is 14.1. The Morgan fingerprint density at radius 3 is 2.60 bits per heavy atom. The van der Waals surface area contributed by atoms with Crippen molar-refractivity contribution in [1.82, 2.24) is 19.8 Å². The van der Waals surface area contributed by atoms with Crippen LogP contribution in [0.15, 0.2) is 24.3 Å². The predicted octanol–water partition coefficient (Wildman–Crippen LogP) is 2.48. The van der Waals surface area contributed by atoms with E-state index in [1.54, 1.807) is 11.3 Å². The molecule has 0 radical (unpaired) electrons. The van der Waals surface area contributed by atoms with Gasteiger partial charge in [0.1, 0.15) is 5.01 Å². The second-order valence-electron chi connectivity index (χ2n) is 5.05. The normalized spacial score (nSPS) is 11.6. The SMILES string of the molecule is CC(C)c1nnc2sc(-c3ccc(CCN)cc3)nn12. The third-order valence-electron chi connectivity index (χ3n) is 3.17. The van der Waals surface area contributed by atoms with Crippen molar-refractivity contribution < 1.29 is 0 Å². The van der Waals surface area contributed by atoms with E-state index in [1.807, 2.05) is 4.52 Å². The lowest BCUT2D eigenvalue weighted by atomic mass is 10.1. The Morgan fingerprint density at radius 1 is 1.20 bits per heavy atom. The lowest BCUT2D eigenvalue weighted by Gasteiger charge is -2.00. The van der Waals surface area contributed by atoms with Crippen molar-refractivity contribution in [2.75, 3.05) is 6.54 Å². The first-order valence-electron chi connectivity index (χ1n) is 6.70. The van der Waals surface area contributed by atoms with Gasteiger partial charge in [-0.05, 0) is 18.5 Å². The van der Waals surface area contributed by atoms with Gasteiger partial charge >= 0.3 is 0 Å². The Hall–Kier alpha value is -1.79. The molecule has 0 aliphatic rings. The second kappa shape index (κ2) is 5.30. The maximum Gasteiger partial charge on any atom is 0.234 e. The molecular weight excluding hydrogens is 270 g/mol. The molecule has 2 N–H and O–H groups in total. The van der Waals surface area contributed by atoms with E-state index in [-0.39, 0.29) is 0 Å². The van der Waals surface area contributed by atoms with Crippen molar-refractivity contribution in [2.24, 2.45) is 5.73 Å². The van der Waals surface area contributed by atoms with Crippen LogP contribution in [0.4, 0.5) is 0 Å². The zero-order valence-electron chi connectivity index (χ0n) is 11.6. The number of fused-ring (bicyclic) bond motifs is 1. The second-order valence-corrected chi connectivity index (χ2v) is 6.01. The number of aromatic nitrogens is 4. The van der Waals surface area contributed by atoms with E-state index in [4.69, 9.17) is 5.73 Å². The highest BCUT2D eigenvalue weighted by Gasteiger charge is 2.14. The Kier molecular flexibility index (Phi) is 3.50. The van der Waals surface area contributed by atoms with Crippen LogP contribution in [0, 0.1) is 0 Å². The van der Waals surface area contributed by atoms with E-state index in [0.29, 0.717) is 12.5 Å². The van der Waals surface area contributed by atoms with E-state index in [0.717, 1.165) is 27.8 Å². The highest BCUT2D eigenvalue weighted by molar-refractivity contribution is 7.19. The van der Waals surface area contributed by atoms with E-state index in [1.165, 1.54) is 5.56 Å². The highest BCUT2D eigenvalue weighted by atomic mass is 32.1. The van der Waals surface area contributed by atoms with E-state index in [2.05, 4.69) is 53.4 Å². The number of hydrogen-bond donors (Lipinski definition) is 1. The number of hydrogen-bond acceptors (Lipinski definition) is 5. The first kappa shape index (κ1) is 13.2. The number of benzene rings is 1. The third-order valence-corrected chi connectivity index (χ3v) is 4.11. The molecule has 2 heterocycles. The summed E-state index contributed by atoms with van der Waals surface area (Å²) < 4.78 is 1.85. The molecular formula is C14H17N5S. The summed E-state index contributed by atoms with van der Waals surface area (Å²) in [6.07, 6.45) is 0.906. The van der Waals surface area contributed by atoms with Crippen molar-refractivity contribution in [3.05, 3.63) is 35.7 Å². The molecule has 104 valence electrons. The Morgan fingerprint density at radius 2 is 1.95 bits per heavy atom. The van der Waals surface area contributed by atoms with Gasteiger partial charge in [0.15, 0.2) is 5.82 Å². The summed E-state index contributed by atoms with van der Waals surface area (Å²) in [7, 11) is 0. The molecule has 5 nitrogen and oxygen atoms in total. The van der Waals surface area contributed by atoms with Crippen molar-refractivity contribution in [3.63, 3.8) is 0 Å². The van der Waals surface area contributed by atoms with Gasteiger partial charge in [-0.2, -0.15) is 9.61 Å². The Balaban J connectivity index is 1.97. The average Bonchev–Trinajstić information content (AvgIpc) is 2.99. The molecule has 0 aliphatic heterocycles. The molecule has 0 aliphatic carbocycles. The van der Waals surface area contributed by atoms with Gasteiger partial charge in [-0.25, -0.2) is 0 Å². The largest absolute Gasteiger partial charge is 0.330 e. The van der Waals surface area contributed by atoms with Crippen LogP contribution < -0.4 is 5.73 Å². The smallest absolute Gasteiger partial charge is 0.234 e. The van der Waals surface area contributed by atoms with Gasteiger partial charge in [0.05, 0.1) is 0 Å². The van der Waals surface area contributed by atoms with Crippen molar-refractivity contribution in [2.45, 2.75) is 26.2 Å². The summed E-state index contributed by atoms with van der Waals surface area (Å²) >= 11 is 1.56. The lowest BCUT2D eigenvalue weighted by molar-refractivity contribution is 0.727. The fourth-order valence-corrected chi connectivity index (χ4v) is 2.94. The molecule has 0 saturated carbocycles. The van der Waals surface area contributed by atoms with E-state index < -0.39 is 0 Å². The van der Waals surface area contributed by atoms with Gasteiger partial charge < -0.3 is 5.73 Å². The monoisotopic (exact) mass is 287 g/mol. The molecule has 0 atom stereocenters. The van der Waals surface area contributed by atoms with Crippen LogP contribution in [0.1, 0.15) is 31.2 Å². The summed E-state index contributed by atoms with van der Waals surface area (Å²) in [6.45, 7) is 4.86. The molecule has 0 bridgehead atoms.